The summed E-state index contributed by atoms with van der Waals surface area (Å²) < 4.78 is 0. The molecule has 0 aliphatic carbocycles. The average molecular weight is 317 g/mol. The first-order valence-electron chi connectivity index (χ1n) is 7.78. The fraction of sp³-hybridized carbons (Fsp3) is 0.100. The van der Waals surface area contributed by atoms with Crippen LogP contribution in [0.2, 0.25) is 0 Å². The quantitative estimate of drug-likeness (QED) is 0.733. The van der Waals surface area contributed by atoms with E-state index in [9.17, 15) is 4.79 Å². The molecule has 1 amide bonds. The number of amides is 1. The Bertz CT molecular complexity index is 860. The molecule has 0 unspecified atom stereocenters. The average Bonchev–Trinajstić information content (AvgIpc) is 2.59. The normalized spacial score (nSPS) is 10.2. The van der Waals surface area contributed by atoms with Crippen molar-refractivity contribution in [2.24, 2.45) is 0 Å². The zero-order valence-electron chi connectivity index (χ0n) is 13.7. The van der Waals surface area contributed by atoms with E-state index in [-0.39, 0.29) is 5.91 Å². The summed E-state index contributed by atoms with van der Waals surface area (Å²) in [5.41, 5.74) is 5.30. The van der Waals surface area contributed by atoms with Crippen molar-refractivity contribution in [1.29, 1.82) is 0 Å². The van der Waals surface area contributed by atoms with Gasteiger partial charge in [-0.1, -0.05) is 30.3 Å². The van der Waals surface area contributed by atoms with Crippen molar-refractivity contribution in [3.05, 3.63) is 83.7 Å². The fourth-order valence-electron chi connectivity index (χ4n) is 2.38. The van der Waals surface area contributed by atoms with E-state index >= 15 is 0 Å². The third-order valence-corrected chi connectivity index (χ3v) is 3.70. The molecule has 0 radical (unpaired) electrons. The van der Waals surface area contributed by atoms with E-state index in [0.717, 1.165) is 22.6 Å². The summed E-state index contributed by atoms with van der Waals surface area (Å²) in [6.45, 7) is 4.10. The number of nitrogens with one attached hydrogen (secondary N) is 2. The monoisotopic (exact) mass is 317 g/mol. The van der Waals surface area contributed by atoms with E-state index < -0.39 is 0 Å². The SMILES string of the molecule is Cc1ccc(C)c(Nc2ccnc(C(=O)Nc3ccccc3)c2)c1. The molecule has 0 aliphatic heterocycles. The number of benzene rings is 2. The second-order valence-corrected chi connectivity index (χ2v) is 5.69. The predicted molar refractivity (Wildman–Crippen MR) is 97.8 cm³/mol. The molecule has 0 bridgehead atoms. The minimum atomic E-state index is -0.231. The number of hydrogen-bond donors (Lipinski definition) is 2. The molecule has 0 spiro atoms. The smallest absolute Gasteiger partial charge is 0.274 e. The molecule has 4 heteroatoms. The van der Waals surface area contributed by atoms with Crippen LogP contribution in [-0.4, -0.2) is 10.9 Å². The molecule has 0 aliphatic rings. The van der Waals surface area contributed by atoms with Crippen LogP contribution in [0, 0.1) is 13.8 Å². The van der Waals surface area contributed by atoms with Crippen molar-refractivity contribution in [1.82, 2.24) is 4.98 Å². The van der Waals surface area contributed by atoms with Gasteiger partial charge in [-0.05, 0) is 55.3 Å². The van der Waals surface area contributed by atoms with Crippen LogP contribution in [-0.2, 0) is 0 Å². The van der Waals surface area contributed by atoms with E-state index in [1.54, 1.807) is 12.3 Å². The zero-order chi connectivity index (χ0) is 16.9. The van der Waals surface area contributed by atoms with Gasteiger partial charge < -0.3 is 10.6 Å². The van der Waals surface area contributed by atoms with Gasteiger partial charge >= 0.3 is 0 Å². The van der Waals surface area contributed by atoms with Gasteiger partial charge in [-0.3, -0.25) is 9.78 Å². The number of rotatable bonds is 4. The number of hydrogen-bond acceptors (Lipinski definition) is 3. The maximum Gasteiger partial charge on any atom is 0.274 e. The highest BCUT2D eigenvalue weighted by molar-refractivity contribution is 6.03. The number of para-hydroxylation sites is 1. The molecule has 3 aromatic rings. The van der Waals surface area contributed by atoms with Crippen molar-refractivity contribution in [2.45, 2.75) is 13.8 Å². The number of anilines is 3. The fourth-order valence-corrected chi connectivity index (χ4v) is 2.38. The molecular formula is C20H19N3O. The minimum absolute atomic E-state index is 0.231. The Hall–Kier alpha value is -3.14. The molecule has 2 aromatic carbocycles. The van der Waals surface area contributed by atoms with E-state index in [4.69, 9.17) is 0 Å². The summed E-state index contributed by atoms with van der Waals surface area (Å²) in [5, 5.41) is 6.19. The molecule has 4 nitrogen and oxygen atoms in total. The van der Waals surface area contributed by atoms with Gasteiger partial charge in [-0.25, -0.2) is 0 Å². The lowest BCUT2D eigenvalue weighted by Crippen LogP contribution is -2.13. The number of aromatic nitrogens is 1. The van der Waals surface area contributed by atoms with Crippen LogP contribution < -0.4 is 10.6 Å². The van der Waals surface area contributed by atoms with Crippen LogP contribution in [0.3, 0.4) is 0 Å². The van der Waals surface area contributed by atoms with Gasteiger partial charge in [0.15, 0.2) is 0 Å². The summed E-state index contributed by atoms with van der Waals surface area (Å²) in [5.74, 6) is -0.231. The predicted octanol–water partition coefficient (Wildman–Crippen LogP) is 4.69. The highest BCUT2D eigenvalue weighted by Crippen LogP contribution is 2.22. The largest absolute Gasteiger partial charge is 0.355 e. The van der Waals surface area contributed by atoms with Gasteiger partial charge in [0.1, 0.15) is 5.69 Å². The van der Waals surface area contributed by atoms with Crippen molar-refractivity contribution < 1.29 is 4.79 Å². The summed E-state index contributed by atoms with van der Waals surface area (Å²) in [6, 6.07) is 19.2. The molecule has 2 N–H and O–H groups in total. The van der Waals surface area contributed by atoms with Gasteiger partial charge in [0.2, 0.25) is 0 Å². The van der Waals surface area contributed by atoms with Gasteiger partial charge in [0, 0.05) is 23.3 Å². The Morgan fingerprint density at radius 1 is 0.917 bits per heavy atom. The van der Waals surface area contributed by atoms with Crippen LogP contribution in [0.1, 0.15) is 21.6 Å². The molecule has 0 saturated heterocycles. The first-order valence-corrected chi connectivity index (χ1v) is 7.78. The van der Waals surface area contributed by atoms with E-state index in [2.05, 4.69) is 40.7 Å². The Morgan fingerprint density at radius 3 is 2.50 bits per heavy atom. The summed E-state index contributed by atoms with van der Waals surface area (Å²) in [4.78, 5) is 16.5. The first-order chi connectivity index (χ1) is 11.6. The lowest BCUT2D eigenvalue weighted by atomic mass is 10.1. The molecule has 1 heterocycles. The summed E-state index contributed by atoms with van der Waals surface area (Å²) in [6.07, 6.45) is 1.63. The first kappa shape index (κ1) is 15.7. The zero-order valence-corrected chi connectivity index (χ0v) is 13.7. The van der Waals surface area contributed by atoms with Crippen LogP contribution in [0.25, 0.3) is 0 Å². The number of nitrogens with zero attached hydrogens (tertiary/aromatic N) is 1. The highest BCUT2D eigenvalue weighted by atomic mass is 16.1. The number of aryl methyl sites for hydroxylation is 2. The Balaban J connectivity index is 1.79. The Labute approximate surface area is 141 Å². The van der Waals surface area contributed by atoms with Gasteiger partial charge in [0.25, 0.3) is 5.91 Å². The van der Waals surface area contributed by atoms with E-state index in [1.165, 1.54) is 5.56 Å². The molecule has 24 heavy (non-hydrogen) atoms. The Morgan fingerprint density at radius 2 is 1.71 bits per heavy atom. The van der Waals surface area contributed by atoms with Crippen molar-refractivity contribution >= 4 is 23.0 Å². The van der Waals surface area contributed by atoms with Crippen LogP contribution in [0.15, 0.2) is 66.9 Å². The van der Waals surface area contributed by atoms with E-state index in [0.29, 0.717) is 5.69 Å². The number of carbonyl (C=O) groups excluding carboxylic acids is 1. The molecule has 0 atom stereocenters. The summed E-state index contributed by atoms with van der Waals surface area (Å²) >= 11 is 0. The van der Waals surface area contributed by atoms with Crippen LogP contribution in [0.5, 0.6) is 0 Å². The van der Waals surface area contributed by atoms with Gasteiger partial charge in [-0.15, -0.1) is 0 Å². The van der Waals surface area contributed by atoms with Crippen LogP contribution in [0.4, 0.5) is 17.1 Å². The summed E-state index contributed by atoms with van der Waals surface area (Å²) in [7, 11) is 0. The third-order valence-electron chi connectivity index (χ3n) is 3.70. The second kappa shape index (κ2) is 6.96. The van der Waals surface area contributed by atoms with Gasteiger partial charge in [-0.2, -0.15) is 0 Å². The third kappa shape index (κ3) is 3.79. The second-order valence-electron chi connectivity index (χ2n) is 5.69. The molecule has 3 rings (SSSR count). The molecule has 1 aromatic heterocycles. The molecule has 0 fully saturated rings. The Kier molecular flexibility index (Phi) is 4.57. The molecular weight excluding hydrogens is 298 g/mol. The minimum Gasteiger partial charge on any atom is -0.355 e. The lowest BCUT2D eigenvalue weighted by molar-refractivity contribution is 0.102. The lowest BCUT2D eigenvalue weighted by Gasteiger charge is -2.11. The van der Waals surface area contributed by atoms with Crippen molar-refractivity contribution in [3.63, 3.8) is 0 Å². The van der Waals surface area contributed by atoms with Gasteiger partial charge in [0.05, 0.1) is 0 Å². The number of carbonyl (C=O) groups is 1. The number of pyridine rings is 1. The van der Waals surface area contributed by atoms with Crippen LogP contribution >= 0.6 is 0 Å². The molecule has 120 valence electrons. The van der Waals surface area contributed by atoms with Crippen molar-refractivity contribution in [2.75, 3.05) is 10.6 Å². The highest BCUT2D eigenvalue weighted by Gasteiger charge is 2.09. The molecule has 0 saturated carbocycles. The topological polar surface area (TPSA) is 54.0 Å². The van der Waals surface area contributed by atoms with Crippen molar-refractivity contribution in [3.8, 4) is 0 Å². The van der Waals surface area contributed by atoms with E-state index in [1.807, 2.05) is 43.3 Å². The maximum atomic E-state index is 12.3. The maximum absolute atomic E-state index is 12.3. The standard InChI is InChI=1S/C20H19N3O/c1-14-8-9-15(2)18(12-14)22-17-10-11-21-19(13-17)20(24)23-16-6-4-3-5-7-16/h3-13H,1-2H3,(H,21,22)(H,23,24).